The van der Waals surface area contributed by atoms with Gasteiger partial charge in [0.05, 0.1) is 6.61 Å². The minimum atomic E-state index is -0.567. The molecule has 6 heteroatoms. The summed E-state index contributed by atoms with van der Waals surface area (Å²) in [6.07, 6.45) is 4.06. The first kappa shape index (κ1) is 18.2. The predicted molar refractivity (Wildman–Crippen MR) is 61.2 cm³/mol. The highest BCUT2D eigenvalue weighted by Gasteiger charge is 1.96. The first-order chi connectivity index (χ1) is 8.12. The Morgan fingerprint density at radius 1 is 1.06 bits per heavy atom. The average molecular weight is 250 g/mol. The third kappa shape index (κ3) is 17.5. The second kappa shape index (κ2) is 14.9. The molecule has 0 rings (SSSR count). The van der Waals surface area contributed by atoms with E-state index in [2.05, 4.69) is 16.5 Å². The van der Waals surface area contributed by atoms with Gasteiger partial charge in [0.25, 0.3) is 0 Å². The molecule has 2 N–H and O–H groups in total. The fraction of sp³-hybridized carbons (Fsp3) is 0.818. The zero-order valence-corrected chi connectivity index (χ0v) is 10.5. The molecule has 0 heterocycles. The summed E-state index contributed by atoms with van der Waals surface area (Å²) in [4.78, 5) is 23.6. The summed E-state index contributed by atoms with van der Waals surface area (Å²) < 4.78 is 4.60. The van der Waals surface area contributed by atoms with Crippen LogP contribution in [-0.4, -0.2) is 35.5 Å². The zero-order valence-electron chi connectivity index (χ0n) is 10.5. The first-order valence-electron chi connectivity index (χ1n) is 5.73. The summed E-state index contributed by atoms with van der Waals surface area (Å²) >= 11 is 0. The summed E-state index contributed by atoms with van der Waals surface area (Å²) in [5.41, 5.74) is 0. The lowest BCUT2D eigenvalue weighted by molar-refractivity contribution is -0.234. The van der Waals surface area contributed by atoms with E-state index in [1.165, 1.54) is 0 Å². The van der Waals surface area contributed by atoms with Gasteiger partial charge in [0.15, 0.2) is 0 Å². The topological polar surface area (TPSA) is 93.1 Å². The Morgan fingerprint density at radius 2 is 1.71 bits per heavy atom. The van der Waals surface area contributed by atoms with Crippen LogP contribution >= 0.6 is 0 Å². The van der Waals surface area contributed by atoms with Gasteiger partial charge >= 0.3 is 11.9 Å². The van der Waals surface area contributed by atoms with E-state index in [-0.39, 0.29) is 6.42 Å². The maximum absolute atomic E-state index is 10.3. The molecule has 0 fully saturated rings. The van der Waals surface area contributed by atoms with Gasteiger partial charge in [-0.3, -0.25) is 0 Å². The molecule has 0 radical (unpaired) electrons. The molecule has 6 nitrogen and oxygen atoms in total. The van der Waals surface area contributed by atoms with Crippen LogP contribution in [0.2, 0.25) is 0 Å². The van der Waals surface area contributed by atoms with Crippen molar-refractivity contribution in [2.75, 3.05) is 13.2 Å². The Bertz CT molecular complexity index is 192. The van der Waals surface area contributed by atoms with Crippen LogP contribution < -0.4 is 0 Å². The molecule has 0 saturated heterocycles. The summed E-state index contributed by atoms with van der Waals surface area (Å²) in [5, 5.41) is 15.8. The molecular weight excluding hydrogens is 228 g/mol. The Morgan fingerprint density at radius 3 is 2.06 bits per heavy atom. The monoisotopic (exact) mass is 250 g/mol. The van der Waals surface area contributed by atoms with Gasteiger partial charge in [-0.2, -0.15) is 5.26 Å². The Labute approximate surface area is 101 Å². The molecule has 0 bridgehead atoms. The van der Waals surface area contributed by atoms with Crippen molar-refractivity contribution in [3.63, 3.8) is 0 Å². The standard InChI is InChI=1S/C7H14O3.C4H8O3/c1-2-3-4-5-10-7(9)6-8;1-2-3-4(5)7-6/h8H,2-6H2,1H3;6H,2-3H2,1H3. The van der Waals surface area contributed by atoms with E-state index in [4.69, 9.17) is 10.4 Å². The lowest BCUT2D eigenvalue weighted by atomic mass is 10.3. The third-order valence-corrected chi connectivity index (χ3v) is 1.70. The number of aliphatic hydroxyl groups excluding tert-OH is 1. The van der Waals surface area contributed by atoms with Gasteiger partial charge in [-0.1, -0.05) is 26.7 Å². The molecule has 0 aliphatic heterocycles. The van der Waals surface area contributed by atoms with Gasteiger partial charge in [-0.25, -0.2) is 9.59 Å². The van der Waals surface area contributed by atoms with Crippen LogP contribution in [0.4, 0.5) is 0 Å². The average Bonchev–Trinajstić information content (AvgIpc) is 2.35. The van der Waals surface area contributed by atoms with E-state index in [9.17, 15) is 9.59 Å². The summed E-state index contributed by atoms with van der Waals surface area (Å²) in [6.45, 7) is 3.84. The molecule has 0 aliphatic carbocycles. The fourth-order valence-electron chi connectivity index (χ4n) is 0.833. The molecule has 0 aliphatic rings. The first-order valence-corrected chi connectivity index (χ1v) is 5.73. The number of hydrogen-bond acceptors (Lipinski definition) is 6. The van der Waals surface area contributed by atoms with Crippen LogP contribution in [0.5, 0.6) is 0 Å². The van der Waals surface area contributed by atoms with E-state index >= 15 is 0 Å². The van der Waals surface area contributed by atoms with E-state index in [1.807, 2.05) is 6.92 Å². The predicted octanol–water partition coefficient (Wildman–Crippen LogP) is 1.51. The maximum atomic E-state index is 10.3. The number of hydrogen-bond donors (Lipinski definition) is 2. The number of carbonyl (C=O) groups excluding carboxylic acids is 2. The van der Waals surface area contributed by atoms with E-state index in [0.717, 1.165) is 19.3 Å². The van der Waals surface area contributed by atoms with Crippen LogP contribution in [0.25, 0.3) is 0 Å². The van der Waals surface area contributed by atoms with Gasteiger partial charge in [0.2, 0.25) is 0 Å². The second-order valence-electron chi connectivity index (χ2n) is 3.30. The number of aliphatic hydroxyl groups is 1. The summed E-state index contributed by atoms with van der Waals surface area (Å²) in [6, 6.07) is 0. The SMILES string of the molecule is CCCC(=O)OO.CCCCCOC(=O)CO. The van der Waals surface area contributed by atoms with Crippen molar-refractivity contribution in [1.29, 1.82) is 0 Å². The molecule has 102 valence electrons. The summed E-state index contributed by atoms with van der Waals surface area (Å²) in [5.74, 6) is -1.10. The molecule has 0 atom stereocenters. The van der Waals surface area contributed by atoms with Gasteiger partial charge in [0.1, 0.15) is 6.61 Å². The van der Waals surface area contributed by atoms with E-state index < -0.39 is 18.5 Å². The van der Waals surface area contributed by atoms with Crippen molar-refractivity contribution in [2.45, 2.75) is 46.0 Å². The van der Waals surface area contributed by atoms with Gasteiger partial charge < -0.3 is 14.7 Å². The van der Waals surface area contributed by atoms with Crippen molar-refractivity contribution >= 4 is 11.9 Å². The highest BCUT2D eigenvalue weighted by Crippen LogP contribution is 1.93. The molecule has 0 saturated carbocycles. The van der Waals surface area contributed by atoms with Crippen LogP contribution in [0.1, 0.15) is 46.0 Å². The molecule has 0 spiro atoms. The van der Waals surface area contributed by atoms with Crippen LogP contribution in [-0.2, 0) is 19.2 Å². The second-order valence-corrected chi connectivity index (χ2v) is 3.30. The van der Waals surface area contributed by atoms with Crippen molar-refractivity contribution in [1.82, 2.24) is 0 Å². The number of carbonyl (C=O) groups is 2. The molecule has 0 aromatic carbocycles. The molecular formula is C11H22O6. The maximum Gasteiger partial charge on any atom is 0.342 e. The highest BCUT2D eigenvalue weighted by atomic mass is 17.1. The molecule has 17 heavy (non-hydrogen) atoms. The third-order valence-electron chi connectivity index (χ3n) is 1.70. The van der Waals surface area contributed by atoms with Crippen LogP contribution in [0.15, 0.2) is 0 Å². The Kier molecular flexibility index (Phi) is 15.9. The minimum absolute atomic E-state index is 0.288. The van der Waals surface area contributed by atoms with Gasteiger partial charge in [-0.05, 0) is 12.8 Å². The number of unbranched alkanes of at least 4 members (excludes halogenated alkanes) is 2. The van der Waals surface area contributed by atoms with E-state index in [0.29, 0.717) is 13.0 Å². The molecule has 0 aromatic heterocycles. The lowest BCUT2D eigenvalue weighted by Gasteiger charge is -2.00. The van der Waals surface area contributed by atoms with Crippen LogP contribution in [0.3, 0.4) is 0 Å². The quantitative estimate of drug-likeness (QED) is 0.308. The normalized spacial score (nSPS) is 8.94. The molecule has 0 aromatic rings. The summed E-state index contributed by atoms with van der Waals surface area (Å²) in [7, 11) is 0. The minimum Gasteiger partial charge on any atom is -0.464 e. The van der Waals surface area contributed by atoms with Gasteiger partial charge in [-0.15, -0.1) is 0 Å². The lowest BCUT2D eigenvalue weighted by Crippen LogP contribution is -2.09. The highest BCUT2D eigenvalue weighted by molar-refractivity contribution is 5.70. The number of ether oxygens (including phenoxy) is 1. The number of rotatable bonds is 7. The van der Waals surface area contributed by atoms with Crippen molar-refractivity contribution in [3.8, 4) is 0 Å². The Hall–Kier alpha value is -1.14. The Balaban J connectivity index is 0. The molecule has 0 unspecified atom stereocenters. The van der Waals surface area contributed by atoms with E-state index in [1.54, 1.807) is 0 Å². The zero-order chi connectivity index (χ0) is 13.5. The largest absolute Gasteiger partial charge is 0.464 e. The van der Waals surface area contributed by atoms with Crippen molar-refractivity contribution in [3.05, 3.63) is 0 Å². The van der Waals surface area contributed by atoms with Crippen molar-refractivity contribution in [2.24, 2.45) is 0 Å². The van der Waals surface area contributed by atoms with Gasteiger partial charge in [0, 0.05) is 6.42 Å². The van der Waals surface area contributed by atoms with Crippen molar-refractivity contribution < 1.29 is 29.6 Å². The van der Waals surface area contributed by atoms with Crippen LogP contribution in [0, 0.1) is 0 Å². The number of esters is 1. The smallest absolute Gasteiger partial charge is 0.342 e. The fourth-order valence-corrected chi connectivity index (χ4v) is 0.833. The molecule has 0 amide bonds.